The molecule has 1 atom stereocenters. The minimum Gasteiger partial charge on any atom is -0.454 e. The highest BCUT2D eigenvalue weighted by atomic mass is 16.7. The summed E-state index contributed by atoms with van der Waals surface area (Å²) in [5, 5.41) is 3.03. The first-order valence-electron chi connectivity index (χ1n) is 9.39. The van der Waals surface area contributed by atoms with E-state index >= 15 is 0 Å². The highest BCUT2D eigenvalue weighted by molar-refractivity contribution is 5.78. The molecule has 136 valence electrons. The van der Waals surface area contributed by atoms with Gasteiger partial charge in [-0.15, -0.1) is 0 Å². The lowest BCUT2D eigenvalue weighted by Gasteiger charge is -2.37. The number of carbonyl (C=O) groups excluding carboxylic acids is 1. The van der Waals surface area contributed by atoms with Crippen LogP contribution in [-0.2, 0) is 11.3 Å². The van der Waals surface area contributed by atoms with Crippen molar-refractivity contribution in [2.75, 3.05) is 39.5 Å². The molecular weight excluding hydrogens is 318 g/mol. The SMILES string of the molecule is O=C(CN1CCC[C@@H](N2CCCC2)C1)NCc1ccc2c(c1)OCO2. The maximum atomic E-state index is 12.3. The van der Waals surface area contributed by atoms with Gasteiger partial charge in [-0.3, -0.25) is 14.6 Å². The van der Waals surface area contributed by atoms with Crippen LogP contribution in [0.4, 0.5) is 0 Å². The van der Waals surface area contributed by atoms with Crippen molar-refractivity contribution in [3.05, 3.63) is 23.8 Å². The number of piperidine rings is 1. The average molecular weight is 345 g/mol. The van der Waals surface area contributed by atoms with Crippen LogP contribution in [0.25, 0.3) is 0 Å². The molecular formula is C19H27N3O3. The van der Waals surface area contributed by atoms with Crippen LogP contribution in [0.2, 0.25) is 0 Å². The van der Waals surface area contributed by atoms with Gasteiger partial charge in [-0.1, -0.05) is 6.07 Å². The van der Waals surface area contributed by atoms with Crippen molar-refractivity contribution in [1.29, 1.82) is 0 Å². The Morgan fingerprint density at radius 3 is 2.84 bits per heavy atom. The molecule has 0 aromatic heterocycles. The zero-order valence-corrected chi connectivity index (χ0v) is 14.7. The van der Waals surface area contributed by atoms with E-state index in [1.165, 1.54) is 38.8 Å². The topological polar surface area (TPSA) is 54.0 Å². The van der Waals surface area contributed by atoms with E-state index in [0.717, 1.165) is 30.2 Å². The number of carbonyl (C=O) groups is 1. The van der Waals surface area contributed by atoms with Gasteiger partial charge in [-0.2, -0.15) is 0 Å². The number of amides is 1. The Kier molecular flexibility index (Phi) is 5.08. The Morgan fingerprint density at radius 2 is 1.96 bits per heavy atom. The van der Waals surface area contributed by atoms with Gasteiger partial charge in [0, 0.05) is 19.1 Å². The number of benzene rings is 1. The molecule has 6 nitrogen and oxygen atoms in total. The third-order valence-electron chi connectivity index (χ3n) is 5.43. The van der Waals surface area contributed by atoms with Crippen LogP contribution in [-0.4, -0.2) is 61.3 Å². The molecule has 3 heterocycles. The number of ether oxygens (including phenoxy) is 2. The lowest BCUT2D eigenvalue weighted by Crippen LogP contribution is -2.49. The molecule has 1 amide bonds. The molecule has 0 saturated carbocycles. The number of rotatable bonds is 5. The summed E-state index contributed by atoms with van der Waals surface area (Å²) in [7, 11) is 0. The number of fused-ring (bicyclic) bond motifs is 1. The van der Waals surface area contributed by atoms with Crippen LogP contribution in [0.5, 0.6) is 11.5 Å². The smallest absolute Gasteiger partial charge is 0.234 e. The van der Waals surface area contributed by atoms with E-state index in [9.17, 15) is 4.79 Å². The second kappa shape index (κ2) is 7.62. The van der Waals surface area contributed by atoms with E-state index in [2.05, 4.69) is 15.1 Å². The van der Waals surface area contributed by atoms with E-state index in [1.54, 1.807) is 0 Å². The first-order chi connectivity index (χ1) is 12.3. The monoisotopic (exact) mass is 345 g/mol. The van der Waals surface area contributed by atoms with Gasteiger partial charge < -0.3 is 14.8 Å². The maximum Gasteiger partial charge on any atom is 0.234 e. The van der Waals surface area contributed by atoms with Crippen molar-refractivity contribution in [2.45, 2.75) is 38.3 Å². The quantitative estimate of drug-likeness (QED) is 0.878. The van der Waals surface area contributed by atoms with Gasteiger partial charge in [0.05, 0.1) is 6.54 Å². The van der Waals surface area contributed by atoms with Gasteiger partial charge in [0.25, 0.3) is 0 Å². The number of likely N-dealkylation sites (tertiary alicyclic amines) is 2. The summed E-state index contributed by atoms with van der Waals surface area (Å²) in [5.41, 5.74) is 1.03. The molecule has 25 heavy (non-hydrogen) atoms. The van der Waals surface area contributed by atoms with Crippen molar-refractivity contribution < 1.29 is 14.3 Å². The Labute approximate surface area is 149 Å². The van der Waals surface area contributed by atoms with E-state index in [-0.39, 0.29) is 12.7 Å². The summed E-state index contributed by atoms with van der Waals surface area (Å²) in [6.45, 7) is 5.81. The van der Waals surface area contributed by atoms with Gasteiger partial charge in [-0.25, -0.2) is 0 Å². The Balaban J connectivity index is 1.24. The molecule has 2 fully saturated rings. The summed E-state index contributed by atoms with van der Waals surface area (Å²) < 4.78 is 10.7. The van der Waals surface area contributed by atoms with Crippen molar-refractivity contribution >= 4 is 5.91 Å². The summed E-state index contributed by atoms with van der Waals surface area (Å²) in [6, 6.07) is 6.44. The summed E-state index contributed by atoms with van der Waals surface area (Å²) >= 11 is 0. The zero-order valence-electron chi connectivity index (χ0n) is 14.7. The fraction of sp³-hybridized carbons (Fsp3) is 0.632. The van der Waals surface area contributed by atoms with Crippen molar-refractivity contribution in [2.24, 2.45) is 0 Å². The molecule has 0 spiro atoms. The van der Waals surface area contributed by atoms with Crippen molar-refractivity contribution in [1.82, 2.24) is 15.1 Å². The number of nitrogens with one attached hydrogen (secondary N) is 1. The Hall–Kier alpha value is -1.79. The van der Waals surface area contributed by atoms with E-state index in [4.69, 9.17) is 9.47 Å². The van der Waals surface area contributed by atoms with Crippen molar-refractivity contribution in [3.63, 3.8) is 0 Å². The molecule has 0 aliphatic carbocycles. The number of nitrogens with zero attached hydrogens (tertiary/aromatic N) is 2. The lowest BCUT2D eigenvalue weighted by molar-refractivity contribution is -0.122. The van der Waals surface area contributed by atoms with Crippen molar-refractivity contribution in [3.8, 4) is 11.5 Å². The van der Waals surface area contributed by atoms with Crippen LogP contribution < -0.4 is 14.8 Å². The van der Waals surface area contributed by atoms with Crippen LogP contribution in [0.15, 0.2) is 18.2 Å². The molecule has 0 radical (unpaired) electrons. The van der Waals surface area contributed by atoms with Gasteiger partial charge >= 0.3 is 0 Å². The predicted molar refractivity (Wildman–Crippen MR) is 94.7 cm³/mol. The third-order valence-corrected chi connectivity index (χ3v) is 5.43. The van der Waals surface area contributed by atoms with Crippen LogP contribution >= 0.6 is 0 Å². The number of hydrogen-bond donors (Lipinski definition) is 1. The van der Waals surface area contributed by atoms with Crippen LogP contribution in [0.3, 0.4) is 0 Å². The fourth-order valence-electron chi connectivity index (χ4n) is 4.09. The standard InChI is InChI=1S/C19H27N3O3/c23-19(20-11-15-5-6-17-18(10-15)25-14-24-17)13-21-7-3-4-16(12-21)22-8-1-2-9-22/h5-6,10,16H,1-4,7-9,11-14H2,(H,20,23)/t16-/m1/s1. The summed E-state index contributed by atoms with van der Waals surface area (Å²) in [6.07, 6.45) is 5.12. The molecule has 2 saturated heterocycles. The van der Waals surface area contributed by atoms with E-state index in [1.807, 2.05) is 18.2 Å². The summed E-state index contributed by atoms with van der Waals surface area (Å²) in [5.74, 6) is 1.63. The highest BCUT2D eigenvalue weighted by Gasteiger charge is 2.27. The second-order valence-electron chi connectivity index (χ2n) is 7.24. The molecule has 1 N–H and O–H groups in total. The van der Waals surface area contributed by atoms with Gasteiger partial charge in [-0.05, 0) is 63.0 Å². The van der Waals surface area contributed by atoms with E-state index < -0.39 is 0 Å². The molecule has 3 aliphatic heterocycles. The summed E-state index contributed by atoms with van der Waals surface area (Å²) in [4.78, 5) is 17.2. The first kappa shape index (κ1) is 16.7. The Bertz CT molecular complexity index is 616. The molecule has 4 rings (SSSR count). The van der Waals surface area contributed by atoms with Gasteiger partial charge in [0.15, 0.2) is 11.5 Å². The van der Waals surface area contributed by atoms with E-state index in [0.29, 0.717) is 19.1 Å². The molecule has 0 unspecified atom stereocenters. The lowest BCUT2D eigenvalue weighted by atomic mass is 10.0. The van der Waals surface area contributed by atoms with Crippen LogP contribution in [0.1, 0.15) is 31.2 Å². The normalized spacial score (nSPS) is 23.8. The third kappa shape index (κ3) is 4.07. The second-order valence-corrected chi connectivity index (χ2v) is 7.24. The maximum absolute atomic E-state index is 12.3. The van der Waals surface area contributed by atoms with Gasteiger partial charge in [0.2, 0.25) is 12.7 Å². The molecule has 0 bridgehead atoms. The molecule has 1 aromatic carbocycles. The van der Waals surface area contributed by atoms with Crippen LogP contribution in [0, 0.1) is 0 Å². The Morgan fingerprint density at radius 1 is 1.12 bits per heavy atom. The zero-order chi connectivity index (χ0) is 17.1. The molecule has 6 heteroatoms. The number of hydrogen-bond acceptors (Lipinski definition) is 5. The minimum atomic E-state index is 0.0970. The largest absolute Gasteiger partial charge is 0.454 e. The average Bonchev–Trinajstić information content (AvgIpc) is 3.31. The minimum absolute atomic E-state index is 0.0970. The first-order valence-corrected chi connectivity index (χ1v) is 9.39. The van der Waals surface area contributed by atoms with Gasteiger partial charge in [0.1, 0.15) is 0 Å². The fourth-order valence-corrected chi connectivity index (χ4v) is 4.09. The molecule has 3 aliphatic rings. The predicted octanol–water partition coefficient (Wildman–Crippen LogP) is 1.59. The highest BCUT2D eigenvalue weighted by Crippen LogP contribution is 2.32. The molecule has 1 aromatic rings.